The van der Waals surface area contributed by atoms with E-state index in [-0.39, 0.29) is 6.10 Å². The van der Waals surface area contributed by atoms with Crippen LogP contribution >= 0.6 is 0 Å². The largest absolute Gasteiger partial charge is 0.368 e. The first kappa shape index (κ1) is 14.4. The maximum Gasteiger partial charge on any atom is 0.158 e. The lowest BCUT2D eigenvalue weighted by molar-refractivity contribution is -0.0256. The molecule has 5 heteroatoms. The minimum absolute atomic E-state index is 0.00880. The van der Waals surface area contributed by atoms with Crippen molar-refractivity contribution in [3.05, 3.63) is 22.8 Å². The van der Waals surface area contributed by atoms with Crippen LogP contribution in [0, 0.1) is 13.8 Å². The zero-order valence-corrected chi connectivity index (χ0v) is 12.4. The van der Waals surface area contributed by atoms with Crippen LogP contribution in [-0.2, 0) is 11.2 Å². The zero-order valence-electron chi connectivity index (χ0n) is 12.4. The molecule has 2 heterocycles. The average molecular weight is 264 g/mol. The molecular weight excluding hydrogens is 240 g/mol. The van der Waals surface area contributed by atoms with Crippen LogP contribution in [0.1, 0.15) is 28.9 Å². The Morgan fingerprint density at radius 2 is 2.00 bits per heavy atom. The van der Waals surface area contributed by atoms with Gasteiger partial charge in [0.05, 0.1) is 6.61 Å². The van der Waals surface area contributed by atoms with Crippen molar-refractivity contribution in [1.29, 1.82) is 0 Å². The van der Waals surface area contributed by atoms with E-state index in [1.165, 1.54) is 5.56 Å². The normalized spacial score (nSPS) is 20.7. The van der Waals surface area contributed by atoms with Gasteiger partial charge in [-0.15, -0.1) is 0 Å². The molecule has 1 unspecified atom stereocenters. The van der Waals surface area contributed by atoms with Gasteiger partial charge in [-0.25, -0.2) is 9.97 Å². The van der Waals surface area contributed by atoms with Crippen molar-refractivity contribution in [2.45, 2.75) is 26.4 Å². The van der Waals surface area contributed by atoms with E-state index in [4.69, 9.17) is 4.74 Å². The van der Waals surface area contributed by atoms with Crippen LogP contribution in [0.25, 0.3) is 0 Å². The van der Waals surface area contributed by atoms with Crippen molar-refractivity contribution in [2.24, 2.45) is 0 Å². The third-order valence-electron chi connectivity index (χ3n) is 3.62. The van der Waals surface area contributed by atoms with Crippen molar-refractivity contribution >= 4 is 0 Å². The molecule has 1 aromatic rings. The van der Waals surface area contributed by atoms with E-state index in [2.05, 4.69) is 41.1 Å². The summed E-state index contributed by atoms with van der Waals surface area (Å²) >= 11 is 0. The van der Waals surface area contributed by atoms with Crippen molar-refractivity contribution < 1.29 is 4.74 Å². The van der Waals surface area contributed by atoms with Gasteiger partial charge in [-0.3, -0.25) is 0 Å². The molecule has 1 atom stereocenters. The van der Waals surface area contributed by atoms with Gasteiger partial charge >= 0.3 is 0 Å². The number of likely N-dealkylation sites (N-methyl/N-ethyl adjacent to an activating group) is 2. The van der Waals surface area contributed by atoms with E-state index in [9.17, 15) is 0 Å². The first-order valence-corrected chi connectivity index (χ1v) is 6.90. The molecule has 0 amide bonds. The maximum atomic E-state index is 5.79. The third kappa shape index (κ3) is 3.49. The van der Waals surface area contributed by atoms with Gasteiger partial charge in [-0.05, 0) is 46.5 Å². The van der Waals surface area contributed by atoms with Crippen molar-refractivity contribution in [2.75, 3.05) is 40.3 Å². The topological polar surface area (TPSA) is 50.3 Å². The fourth-order valence-electron chi connectivity index (χ4n) is 2.46. The standard InChI is InChI=1S/C14H24N4O/c1-10-12(5-6-15-3)11(2)17-14(16-10)13-9-18(4)7-8-19-13/h13,15H,5-9H2,1-4H3. The molecular formula is C14H24N4O. The van der Waals surface area contributed by atoms with Crippen LogP contribution in [0.2, 0.25) is 0 Å². The molecule has 1 fully saturated rings. The number of aromatic nitrogens is 2. The first-order chi connectivity index (χ1) is 9.11. The SMILES string of the molecule is CNCCc1c(C)nc(C2CN(C)CCO2)nc1C. The number of aryl methyl sites for hydroxylation is 2. The molecule has 0 aromatic carbocycles. The van der Waals surface area contributed by atoms with Gasteiger partial charge < -0.3 is 15.0 Å². The zero-order chi connectivity index (χ0) is 13.8. The molecule has 2 rings (SSSR count). The molecule has 1 aliphatic heterocycles. The highest BCUT2D eigenvalue weighted by molar-refractivity contribution is 5.25. The Kier molecular flexibility index (Phi) is 4.85. The van der Waals surface area contributed by atoms with Gasteiger partial charge in [0.25, 0.3) is 0 Å². The molecule has 106 valence electrons. The smallest absolute Gasteiger partial charge is 0.158 e. The minimum Gasteiger partial charge on any atom is -0.368 e. The summed E-state index contributed by atoms with van der Waals surface area (Å²) in [6.45, 7) is 7.69. The van der Waals surface area contributed by atoms with E-state index >= 15 is 0 Å². The molecule has 0 radical (unpaired) electrons. The highest BCUT2D eigenvalue weighted by Crippen LogP contribution is 2.20. The lowest BCUT2D eigenvalue weighted by Crippen LogP contribution is -2.36. The van der Waals surface area contributed by atoms with E-state index in [1.807, 2.05) is 7.05 Å². The Balaban J connectivity index is 2.18. The van der Waals surface area contributed by atoms with Crippen LogP contribution in [-0.4, -0.2) is 55.2 Å². The lowest BCUT2D eigenvalue weighted by atomic mass is 10.1. The quantitative estimate of drug-likeness (QED) is 0.874. The Morgan fingerprint density at radius 1 is 1.32 bits per heavy atom. The predicted octanol–water partition coefficient (Wildman–Crippen LogP) is 0.858. The Bertz CT molecular complexity index is 412. The second-order valence-electron chi connectivity index (χ2n) is 5.21. The summed E-state index contributed by atoms with van der Waals surface area (Å²) in [7, 11) is 4.07. The molecule has 1 aliphatic rings. The number of rotatable bonds is 4. The minimum atomic E-state index is 0.00880. The van der Waals surface area contributed by atoms with Gasteiger partial charge in [-0.2, -0.15) is 0 Å². The number of hydrogen-bond donors (Lipinski definition) is 1. The van der Waals surface area contributed by atoms with E-state index in [0.29, 0.717) is 0 Å². The van der Waals surface area contributed by atoms with Gasteiger partial charge in [0.15, 0.2) is 5.82 Å². The summed E-state index contributed by atoms with van der Waals surface area (Å²) in [4.78, 5) is 11.6. The summed E-state index contributed by atoms with van der Waals surface area (Å²) in [5.74, 6) is 0.828. The Labute approximate surface area is 115 Å². The number of morpholine rings is 1. The molecule has 0 bridgehead atoms. The van der Waals surface area contributed by atoms with Crippen LogP contribution < -0.4 is 5.32 Å². The molecule has 0 spiro atoms. The molecule has 1 aromatic heterocycles. The fraction of sp³-hybridized carbons (Fsp3) is 0.714. The summed E-state index contributed by atoms with van der Waals surface area (Å²) in [5.41, 5.74) is 3.41. The van der Waals surface area contributed by atoms with Crippen molar-refractivity contribution in [1.82, 2.24) is 20.2 Å². The Hall–Kier alpha value is -1.04. The predicted molar refractivity (Wildman–Crippen MR) is 75.3 cm³/mol. The van der Waals surface area contributed by atoms with E-state index < -0.39 is 0 Å². The molecule has 19 heavy (non-hydrogen) atoms. The van der Waals surface area contributed by atoms with Crippen LogP contribution in [0.4, 0.5) is 0 Å². The van der Waals surface area contributed by atoms with E-state index in [1.54, 1.807) is 0 Å². The fourth-order valence-corrected chi connectivity index (χ4v) is 2.46. The number of ether oxygens (including phenoxy) is 1. The summed E-state index contributed by atoms with van der Waals surface area (Å²) in [6.07, 6.45) is 0.981. The summed E-state index contributed by atoms with van der Waals surface area (Å²) < 4.78 is 5.79. The highest BCUT2D eigenvalue weighted by Gasteiger charge is 2.23. The first-order valence-electron chi connectivity index (χ1n) is 6.90. The molecule has 0 saturated carbocycles. The monoisotopic (exact) mass is 264 g/mol. The summed E-state index contributed by atoms with van der Waals surface area (Å²) in [6, 6.07) is 0. The van der Waals surface area contributed by atoms with Gasteiger partial charge in [0.2, 0.25) is 0 Å². The second kappa shape index (κ2) is 6.41. The maximum absolute atomic E-state index is 5.79. The molecule has 1 saturated heterocycles. The molecule has 5 nitrogen and oxygen atoms in total. The second-order valence-corrected chi connectivity index (χ2v) is 5.21. The van der Waals surface area contributed by atoms with Gasteiger partial charge in [0, 0.05) is 24.5 Å². The molecule has 0 aliphatic carbocycles. The number of hydrogen-bond acceptors (Lipinski definition) is 5. The van der Waals surface area contributed by atoms with Gasteiger partial charge in [0.1, 0.15) is 6.10 Å². The highest BCUT2D eigenvalue weighted by atomic mass is 16.5. The number of nitrogens with one attached hydrogen (secondary N) is 1. The Morgan fingerprint density at radius 3 is 2.58 bits per heavy atom. The van der Waals surface area contributed by atoms with Crippen LogP contribution in [0.5, 0.6) is 0 Å². The number of nitrogens with zero attached hydrogens (tertiary/aromatic N) is 3. The van der Waals surface area contributed by atoms with Crippen molar-refractivity contribution in [3.8, 4) is 0 Å². The van der Waals surface area contributed by atoms with Crippen LogP contribution in [0.15, 0.2) is 0 Å². The summed E-state index contributed by atoms with van der Waals surface area (Å²) in [5, 5.41) is 3.17. The van der Waals surface area contributed by atoms with Crippen LogP contribution in [0.3, 0.4) is 0 Å². The van der Waals surface area contributed by atoms with Crippen molar-refractivity contribution in [3.63, 3.8) is 0 Å². The van der Waals surface area contributed by atoms with Gasteiger partial charge in [-0.1, -0.05) is 0 Å². The molecule has 1 N–H and O–H groups in total. The van der Waals surface area contributed by atoms with E-state index in [0.717, 1.165) is 49.9 Å². The average Bonchev–Trinajstić information content (AvgIpc) is 2.37. The lowest BCUT2D eigenvalue weighted by Gasteiger charge is -2.29. The third-order valence-corrected chi connectivity index (χ3v) is 3.62.